The van der Waals surface area contributed by atoms with E-state index in [1.54, 1.807) is 0 Å². The Kier molecular flexibility index (Phi) is 10.3. The molecular weight excluding hydrogens is 276 g/mol. The Labute approximate surface area is 134 Å². The highest BCUT2D eigenvalue weighted by molar-refractivity contribution is 5.79. The van der Waals surface area contributed by atoms with Crippen LogP contribution in [-0.4, -0.2) is 38.1 Å². The Morgan fingerprint density at radius 3 is 1.95 bits per heavy atom. The molecule has 2 saturated heterocycles. The number of benzene rings is 1. The van der Waals surface area contributed by atoms with E-state index in [0.29, 0.717) is 11.9 Å². The molecule has 4 heteroatoms. The minimum Gasteiger partial charge on any atom is -0.490 e. The van der Waals surface area contributed by atoms with E-state index in [2.05, 4.69) is 10.6 Å². The van der Waals surface area contributed by atoms with Crippen LogP contribution in [-0.2, 0) is 4.79 Å². The zero-order valence-electron chi connectivity index (χ0n) is 13.9. The summed E-state index contributed by atoms with van der Waals surface area (Å²) in [6.07, 6.45) is 4.12. The van der Waals surface area contributed by atoms with Gasteiger partial charge in [0.15, 0.2) is 0 Å². The van der Waals surface area contributed by atoms with Crippen molar-refractivity contribution in [1.29, 1.82) is 0 Å². The van der Waals surface area contributed by atoms with E-state index < -0.39 is 0 Å². The zero-order valence-corrected chi connectivity index (χ0v) is 13.9. The fraction of sp³-hybridized carbons (Fsp3) is 0.611. The molecule has 3 rings (SSSR count). The number of piperidine rings is 2. The van der Waals surface area contributed by atoms with Crippen LogP contribution in [0.25, 0.3) is 0 Å². The Balaban J connectivity index is 0.000000228. The molecule has 2 fully saturated rings. The summed E-state index contributed by atoms with van der Waals surface area (Å²) in [4.78, 5) is 10.4. The summed E-state index contributed by atoms with van der Waals surface area (Å²) in [7, 11) is 0. The van der Waals surface area contributed by atoms with E-state index in [9.17, 15) is 4.79 Å². The van der Waals surface area contributed by atoms with Crippen LogP contribution < -0.4 is 15.4 Å². The minimum absolute atomic E-state index is 0.402. The molecule has 0 amide bonds. The molecule has 0 radical (unpaired) electrons. The van der Waals surface area contributed by atoms with Gasteiger partial charge in [-0.25, -0.2) is 0 Å². The summed E-state index contributed by atoms with van der Waals surface area (Å²) in [5, 5.41) is 6.41. The SMILES string of the molecule is CC.O=C1CCNCC1.c1ccc(OC2CCNCC2)cc1. The molecule has 4 nitrogen and oxygen atoms in total. The summed E-state index contributed by atoms with van der Waals surface area (Å²) in [5.74, 6) is 1.40. The van der Waals surface area contributed by atoms with Gasteiger partial charge in [-0.05, 0) is 38.1 Å². The third kappa shape index (κ3) is 8.15. The maximum atomic E-state index is 10.4. The lowest BCUT2D eigenvalue weighted by Gasteiger charge is -2.23. The van der Waals surface area contributed by atoms with Crippen molar-refractivity contribution in [2.75, 3.05) is 26.2 Å². The van der Waals surface area contributed by atoms with E-state index in [0.717, 1.165) is 57.6 Å². The minimum atomic E-state index is 0.402. The molecule has 22 heavy (non-hydrogen) atoms. The van der Waals surface area contributed by atoms with Crippen molar-refractivity contribution in [2.24, 2.45) is 0 Å². The summed E-state index contributed by atoms with van der Waals surface area (Å²) in [6.45, 7) is 7.94. The van der Waals surface area contributed by atoms with Crippen LogP contribution in [0.2, 0.25) is 0 Å². The average molecular weight is 306 g/mol. The van der Waals surface area contributed by atoms with Crippen LogP contribution in [0.4, 0.5) is 0 Å². The second kappa shape index (κ2) is 12.2. The van der Waals surface area contributed by atoms with Gasteiger partial charge in [0.25, 0.3) is 0 Å². The molecule has 2 aliphatic rings. The lowest BCUT2D eigenvalue weighted by Crippen LogP contribution is -2.34. The number of Topliss-reactive ketones (excluding diaryl/α,β-unsaturated/α-hetero) is 1. The molecule has 0 unspecified atom stereocenters. The molecule has 0 spiro atoms. The van der Waals surface area contributed by atoms with E-state index in [1.807, 2.05) is 44.2 Å². The number of hydrogen-bond acceptors (Lipinski definition) is 4. The van der Waals surface area contributed by atoms with Gasteiger partial charge in [0.1, 0.15) is 17.6 Å². The Bertz CT molecular complexity index is 381. The summed E-state index contributed by atoms with van der Waals surface area (Å²) in [5.41, 5.74) is 0. The molecule has 2 heterocycles. The number of hydrogen-bond donors (Lipinski definition) is 2. The van der Waals surface area contributed by atoms with Gasteiger partial charge in [-0.3, -0.25) is 4.79 Å². The highest BCUT2D eigenvalue weighted by Gasteiger charge is 2.13. The van der Waals surface area contributed by atoms with Crippen LogP contribution in [0, 0.1) is 0 Å². The molecule has 0 bridgehead atoms. The third-order valence-electron chi connectivity index (χ3n) is 3.49. The number of rotatable bonds is 2. The molecule has 124 valence electrons. The van der Waals surface area contributed by atoms with Crippen molar-refractivity contribution >= 4 is 5.78 Å². The normalized spacial score (nSPS) is 18.4. The van der Waals surface area contributed by atoms with Gasteiger partial charge in [-0.1, -0.05) is 32.0 Å². The van der Waals surface area contributed by atoms with Gasteiger partial charge in [0.2, 0.25) is 0 Å². The van der Waals surface area contributed by atoms with Crippen molar-refractivity contribution in [3.63, 3.8) is 0 Å². The van der Waals surface area contributed by atoms with Gasteiger partial charge in [-0.15, -0.1) is 0 Å². The first-order valence-corrected chi connectivity index (χ1v) is 8.49. The van der Waals surface area contributed by atoms with Crippen molar-refractivity contribution in [1.82, 2.24) is 10.6 Å². The maximum Gasteiger partial charge on any atom is 0.135 e. The number of carbonyl (C=O) groups excluding carboxylic acids is 1. The average Bonchev–Trinajstić information content (AvgIpc) is 2.60. The van der Waals surface area contributed by atoms with Gasteiger partial charge in [0.05, 0.1) is 0 Å². The first-order valence-electron chi connectivity index (χ1n) is 8.49. The third-order valence-corrected chi connectivity index (χ3v) is 3.49. The Morgan fingerprint density at radius 2 is 1.45 bits per heavy atom. The first-order chi connectivity index (χ1) is 10.8. The van der Waals surface area contributed by atoms with Gasteiger partial charge < -0.3 is 15.4 Å². The molecule has 0 atom stereocenters. The highest BCUT2D eigenvalue weighted by atomic mass is 16.5. The molecule has 0 saturated carbocycles. The lowest BCUT2D eigenvalue weighted by atomic mass is 10.1. The van der Waals surface area contributed by atoms with Crippen LogP contribution >= 0.6 is 0 Å². The molecule has 0 aliphatic carbocycles. The second-order valence-electron chi connectivity index (χ2n) is 5.17. The quantitative estimate of drug-likeness (QED) is 0.882. The summed E-state index contributed by atoms with van der Waals surface area (Å²) >= 11 is 0. The van der Waals surface area contributed by atoms with Crippen LogP contribution in [0.15, 0.2) is 30.3 Å². The van der Waals surface area contributed by atoms with Crippen molar-refractivity contribution < 1.29 is 9.53 Å². The zero-order chi connectivity index (χ0) is 16.0. The highest BCUT2D eigenvalue weighted by Crippen LogP contribution is 2.15. The van der Waals surface area contributed by atoms with Gasteiger partial charge in [0, 0.05) is 25.9 Å². The summed E-state index contributed by atoms with van der Waals surface area (Å²) in [6, 6.07) is 10.1. The predicted octanol–water partition coefficient (Wildman–Crippen LogP) is 2.78. The number of ketones is 1. The number of ether oxygens (including phenoxy) is 1. The monoisotopic (exact) mass is 306 g/mol. The smallest absolute Gasteiger partial charge is 0.135 e. The summed E-state index contributed by atoms with van der Waals surface area (Å²) < 4.78 is 5.82. The first kappa shape index (κ1) is 18.7. The van der Waals surface area contributed by atoms with E-state index in [-0.39, 0.29) is 0 Å². The Hall–Kier alpha value is -1.39. The lowest BCUT2D eigenvalue weighted by molar-refractivity contribution is -0.119. The molecule has 2 N–H and O–H groups in total. The van der Waals surface area contributed by atoms with Crippen LogP contribution in [0.3, 0.4) is 0 Å². The van der Waals surface area contributed by atoms with E-state index in [1.165, 1.54) is 0 Å². The topological polar surface area (TPSA) is 50.4 Å². The van der Waals surface area contributed by atoms with Gasteiger partial charge >= 0.3 is 0 Å². The van der Waals surface area contributed by atoms with Crippen LogP contribution in [0.5, 0.6) is 5.75 Å². The second-order valence-corrected chi connectivity index (χ2v) is 5.17. The molecule has 1 aromatic rings. The van der Waals surface area contributed by atoms with Crippen molar-refractivity contribution in [2.45, 2.75) is 45.6 Å². The van der Waals surface area contributed by atoms with Crippen LogP contribution in [0.1, 0.15) is 39.5 Å². The van der Waals surface area contributed by atoms with Gasteiger partial charge in [-0.2, -0.15) is 0 Å². The standard InChI is InChI=1S/C11H15NO.C5H9NO.C2H6/c1-2-4-10(5-3-1)13-11-6-8-12-9-7-11;7-5-1-3-6-4-2-5;1-2/h1-5,11-12H,6-9H2;6H,1-4H2;1-2H3. The van der Waals surface area contributed by atoms with Crippen molar-refractivity contribution in [3.05, 3.63) is 30.3 Å². The molecule has 2 aliphatic heterocycles. The largest absolute Gasteiger partial charge is 0.490 e. The fourth-order valence-corrected chi connectivity index (χ4v) is 2.31. The number of carbonyl (C=O) groups is 1. The van der Waals surface area contributed by atoms with Crippen molar-refractivity contribution in [3.8, 4) is 5.75 Å². The van der Waals surface area contributed by atoms with E-state index >= 15 is 0 Å². The molecule has 0 aromatic heterocycles. The maximum absolute atomic E-state index is 10.4. The number of para-hydroxylation sites is 1. The number of nitrogens with one attached hydrogen (secondary N) is 2. The molecule has 1 aromatic carbocycles. The van der Waals surface area contributed by atoms with E-state index in [4.69, 9.17) is 4.74 Å². The fourth-order valence-electron chi connectivity index (χ4n) is 2.31. The molecular formula is C18H30N2O2. The predicted molar refractivity (Wildman–Crippen MR) is 91.4 cm³/mol. The Morgan fingerprint density at radius 1 is 0.909 bits per heavy atom.